The molecule has 80 valence electrons. The average molecular weight is 206 g/mol. The summed E-state index contributed by atoms with van der Waals surface area (Å²) in [6.45, 7) is 2.15. The van der Waals surface area contributed by atoms with Gasteiger partial charge >= 0.3 is 0 Å². The summed E-state index contributed by atoms with van der Waals surface area (Å²) in [5.74, 6) is 0.688. The predicted molar refractivity (Wildman–Crippen MR) is 56.5 cm³/mol. The Morgan fingerprint density at radius 3 is 3.07 bits per heavy atom. The molecule has 0 aromatic heterocycles. The van der Waals surface area contributed by atoms with Crippen molar-refractivity contribution in [2.75, 3.05) is 6.61 Å². The van der Waals surface area contributed by atoms with Crippen molar-refractivity contribution in [2.45, 2.75) is 19.0 Å². The molecule has 0 saturated carbocycles. The van der Waals surface area contributed by atoms with Crippen LogP contribution in [0.25, 0.3) is 0 Å². The third-order valence-electron chi connectivity index (χ3n) is 2.43. The van der Waals surface area contributed by atoms with Crippen LogP contribution in [0, 0.1) is 0 Å². The number of nitrogens with one attached hydrogen (secondary N) is 1. The third-order valence-corrected chi connectivity index (χ3v) is 2.43. The fourth-order valence-electron chi connectivity index (χ4n) is 1.59. The zero-order valence-electron chi connectivity index (χ0n) is 8.57. The van der Waals surface area contributed by atoms with E-state index in [0.29, 0.717) is 6.61 Å². The lowest BCUT2D eigenvalue weighted by atomic mass is 10.1. The highest BCUT2D eigenvalue weighted by molar-refractivity contribution is 5.81. The van der Waals surface area contributed by atoms with Crippen LogP contribution in [0.5, 0.6) is 5.75 Å². The first-order chi connectivity index (χ1) is 7.18. The highest BCUT2D eigenvalue weighted by atomic mass is 16.5. The zero-order chi connectivity index (χ0) is 10.8. The largest absolute Gasteiger partial charge is 0.491 e. The topological polar surface area (TPSA) is 64.4 Å². The summed E-state index contributed by atoms with van der Waals surface area (Å²) in [4.78, 5) is 11.4. The first-order valence-corrected chi connectivity index (χ1v) is 4.96. The average Bonchev–Trinajstić information content (AvgIpc) is 2.62. The minimum Gasteiger partial charge on any atom is -0.491 e. The molecule has 1 aromatic carbocycles. The summed E-state index contributed by atoms with van der Waals surface area (Å²) in [6, 6.07) is 7.13. The summed E-state index contributed by atoms with van der Waals surface area (Å²) >= 11 is 0. The third kappa shape index (κ3) is 1.94. The minimum absolute atomic E-state index is 0.0697. The van der Waals surface area contributed by atoms with Gasteiger partial charge in [-0.15, -0.1) is 0 Å². The van der Waals surface area contributed by atoms with E-state index in [1.807, 2.05) is 24.3 Å². The molecule has 2 atom stereocenters. The van der Waals surface area contributed by atoms with Crippen LogP contribution in [0.3, 0.4) is 0 Å². The summed E-state index contributed by atoms with van der Waals surface area (Å²) in [5, 5.41) is 2.85. The molecule has 0 radical (unpaired) electrons. The van der Waals surface area contributed by atoms with Gasteiger partial charge in [-0.25, -0.2) is 0 Å². The molecule has 15 heavy (non-hydrogen) atoms. The van der Waals surface area contributed by atoms with Gasteiger partial charge in [-0.1, -0.05) is 18.2 Å². The lowest BCUT2D eigenvalue weighted by molar-refractivity contribution is -0.122. The van der Waals surface area contributed by atoms with Gasteiger partial charge in [-0.05, 0) is 13.0 Å². The quantitative estimate of drug-likeness (QED) is 0.744. The van der Waals surface area contributed by atoms with Crippen molar-refractivity contribution in [3.63, 3.8) is 0 Å². The molecule has 1 heterocycles. The molecule has 2 rings (SSSR count). The second-order valence-corrected chi connectivity index (χ2v) is 3.70. The van der Waals surface area contributed by atoms with E-state index in [-0.39, 0.29) is 11.9 Å². The number of para-hydroxylation sites is 1. The lowest BCUT2D eigenvalue weighted by Crippen LogP contribution is -2.40. The molecular formula is C11H14N2O2. The predicted octanol–water partition coefficient (Wildman–Crippen LogP) is 0.583. The Balaban J connectivity index is 2.11. The van der Waals surface area contributed by atoms with Crippen LogP contribution in [-0.2, 0) is 4.79 Å². The molecule has 0 bridgehead atoms. The summed E-state index contributed by atoms with van der Waals surface area (Å²) in [6.07, 6.45) is 0. The summed E-state index contributed by atoms with van der Waals surface area (Å²) < 4.78 is 5.44. The van der Waals surface area contributed by atoms with Crippen molar-refractivity contribution in [2.24, 2.45) is 5.73 Å². The number of fused-ring (bicyclic) bond motifs is 1. The van der Waals surface area contributed by atoms with E-state index >= 15 is 0 Å². The van der Waals surface area contributed by atoms with E-state index in [0.717, 1.165) is 11.3 Å². The van der Waals surface area contributed by atoms with Gasteiger partial charge in [0.25, 0.3) is 0 Å². The Kier molecular flexibility index (Phi) is 2.60. The Hall–Kier alpha value is -1.55. The van der Waals surface area contributed by atoms with Crippen LogP contribution in [0.4, 0.5) is 0 Å². The minimum atomic E-state index is -0.488. The van der Waals surface area contributed by atoms with Gasteiger partial charge in [0.2, 0.25) is 5.91 Å². The Morgan fingerprint density at radius 1 is 1.60 bits per heavy atom. The highest BCUT2D eigenvalue weighted by Crippen LogP contribution is 2.31. The smallest absolute Gasteiger partial charge is 0.237 e. The van der Waals surface area contributed by atoms with Crippen molar-refractivity contribution in [1.82, 2.24) is 5.32 Å². The normalized spacial score (nSPS) is 20.3. The Labute approximate surface area is 88.4 Å². The molecule has 4 heteroatoms. The molecular weight excluding hydrogens is 192 g/mol. The molecule has 0 aliphatic carbocycles. The first-order valence-electron chi connectivity index (χ1n) is 4.96. The maximum atomic E-state index is 11.4. The second-order valence-electron chi connectivity index (χ2n) is 3.70. The standard InChI is InChI=1S/C11H14N2O2/c1-7(12)11(14)13-9-6-15-10-5-3-2-4-8(9)10/h2-5,7,9H,6,12H2,1H3,(H,13,14). The first kappa shape index (κ1) is 9.98. The van der Waals surface area contributed by atoms with Crippen LogP contribution in [-0.4, -0.2) is 18.6 Å². The number of carbonyl (C=O) groups excluding carboxylic acids is 1. The Morgan fingerprint density at radius 2 is 2.33 bits per heavy atom. The van der Waals surface area contributed by atoms with Crippen LogP contribution in [0.1, 0.15) is 18.5 Å². The molecule has 4 nitrogen and oxygen atoms in total. The fourth-order valence-corrected chi connectivity index (χ4v) is 1.59. The molecule has 3 N–H and O–H groups in total. The van der Waals surface area contributed by atoms with Gasteiger partial charge in [-0.3, -0.25) is 4.79 Å². The van der Waals surface area contributed by atoms with Crippen LogP contribution in [0.15, 0.2) is 24.3 Å². The van der Waals surface area contributed by atoms with Gasteiger partial charge in [0.05, 0.1) is 12.1 Å². The van der Waals surface area contributed by atoms with Crippen molar-refractivity contribution in [1.29, 1.82) is 0 Å². The fraction of sp³-hybridized carbons (Fsp3) is 0.364. The zero-order valence-corrected chi connectivity index (χ0v) is 8.57. The van der Waals surface area contributed by atoms with Crippen molar-refractivity contribution < 1.29 is 9.53 Å². The monoisotopic (exact) mass is 206 g/mol. The number of benzene rings is 1. The molecule has 1 aliphatic rings. The van der Waals surface area contributed by atoms with Gasteiger partial charge < -0.3 is 15.8 Å². The number of amides is 1. The van der Waals surface area contributed by atoms with Gasteiger partial charge in [0.1, 0.15) is 12.4 Å². The van der Waals surface area contributed by atoms with Gasteiger partial charge in [-0.2, -0.15) is 0 Å². The number of nitrogens with two attached hydrogens (primary N) is 1. The number of hydrogen-bond acceptors (Lipinski definition) is 3. The second kappa shape index (κ2) is 3.90. The molecule has 0 saturated heterocycles. The van der Waals surface area contributed by atoms with E-state index in [2.05, 4.69) is 5.32 Å². The van der Waals surface area contributed by atoms with Crippen molar-refractivity contribution in [3.05, 3.63) is 29.8 Å². The van der Waals surface area contributed by atoms with E-state index < -0.39 is 6.04 Å². The maximum absolute atomic E-state index is 11.4. The molecule has 1 amide bonds. The number of ether oxygens (including phenoxy) is 1. The number of hydrogen-bond donors (Lipinski definition) is 2. The molecule has 1 aliphatic heterocycles. The van der Waals surface area contributed by atoms with Crippen LogP contribution in [0.2, 0.25) is 0 Å². The molecule has 0 fully saturated rings. The van der Waals surface area contributed by atoms with Crippen molar-refractivity contribution >= 4 is 5.91 Å². The number of carbonyl (C=O) groups is 1. The highest BCUT2D eigenvalue weighted by Gasteiger charge is 2.25. The van der Waals surface area contributed by atoms with Crippen LogP contribution < -0.4 is 15.8 Å². The van der Waals surface area contributed by atoms with E-state index in [4.69, 9.17) is 10.5 Å². The summed E-state index contributed by atoms with van der Waals surface area (Å²) in [7, 11) is 0. The van der Waals surface area contributed by atoms with Gasteiger partial charge in [0.15, 0.2) is 0 Å². The van der Waals surface area contributed by atoms with Gasteiger partial charge in [0, 0.05) is 5.56 Å². The summed E-state index contributed by atoms with van der Waals surface area (Å²) in [5.41, 5.74) is 6.50. The molecule has 2 unspecified atom stereocenters. The Bertz CT molecular complexity index is 377. The van der Waals surface area contributed by atoms with E-state index in [1.54, 1.807) is 6.92 Å². The molecule has 0 spiro atoms. The van der Waals surface area contributed by atoms with Crippen LogP contribution >= 0.6 is 0 Å². The molecule has 1 aromatic rings. The SMILES string of the molecule is CC(N)C(=O)NC1COc2ccccc21. The van der Waals surface area contributed by atoms with Crippen molar-refractivity contribution in [3.8, 4) is 5.75 Å². The lowest BCUT2D eigenvalue weighted by Gasteiger charge is -2.13. The van der Waals surface area contributed by atoms with E-state index in [9.17, 15) is 4.79 Å². The van der Waals surface area contributed by atoms with E-state index in [1.165, 1.54) is 0 Å². The number of rotatable bonds is 2. The maximum Gasteiger partial charge on any atom is 0.237 e.